The van der Waals surface area contributed by atoms with Crippen LogP contribution in [0.5, 0.6) is 0 Å². The fourth-order valence-corrected chi connectivity index (χ4v) is 2.21. The zero-order valence-corrected chi connectivity index (χ0v) is 14.9. The molecule has 0 unspecified atom stereocenters. The number of benzene rings is 2. The first-order valence-corrected chi connectivity index (χ1v) is 8.37. The number of hydrogen-bond acceptors (Lipinski definition) is 5. The largest absolute Gasteiger partial charge is 0.462 e. The fraction of sp³-hybridized carbons (Fsp3) is 0.211. The number of amides is 1. The van der Waals surface area contributed by atoms with Gasteiger partial charge in [0.1, 0.15) is 0 Å². The zero-order chi connectivity index (χ0) is 18.9. The molecular weight excluding hydrogens is 358 g/mol. The second-order valence-electron chi connectivity index (χ2n) is 5.32. The van der Waals surface area contributed by atoms with Gasteiger partial charge < -0.3 is 14.8 Å². The van der Waals surface area contributed by atoms with Gasteiger partial charge in [0, 0.05) is 5.69 Å². The summed E-state index contributed by atoms with van der Waals surface area (Å²) >= 11 is 5.99. The first-order chi connectivity index (χ1) is 12.5. The van der Waals surface area contributed by atoms with E-state index >= 15 is 0 Å². The van der Waals surface area contributed by atoms with E-state index < -0.39 is 24.5 Å². The molecule has 2 aromatic carbocycles. The van der Waals surface area contributed by atoms with Crippen molar-refractivity contribution in [2.75, 3.05) is 18.5 Å². The molecule has 0 saturated heterocycles. The standard InChI is InChI=1S/C19H18ClNO5/c1-2-10-25-19(24)15-11-14(8-9-16(15)20)21-17(22)12-26-18(23)13-6-4-3-5-7-13/h3-9,11H,2,10,12H2,1H3,(H,21,22). The lowest BCUT2D eigenvalue weighted by molar-refractivity contribution is -0.119. The lowest BCUT2D eigenvalue weighted by Crippen LogP contribution is -2.21. The summed E-state index contributed by atoms with van der Waals surface area (Å²) in [7, 11) is 0. The predicted molar refractivity (Wildman–Crippen MR) is 97.4 cm³/mol. The maximum absolute atomic E-state index is 11.9. The molecule has 136 valence electrons. The average molecular weight is 376 g/mol. The number of anilines is 1. The molecule has 0 aliphatic carbocycles. The van der Waals surface area contributed by atoms with Crippen molar-refractivity contribution in [2.45, 2.75) is 13.3 Å². The number of esters is 2. The van der Waals surface area contributed by atoms with Crippen LogP contribution in [-0.4, -0.2) is 31.1 Å². The van der Waals surface area contributed by atoms with Crippen LogP contribution in [0.25, 0.3) is 0 Å². The van der Waals surface area contributed by atoms with Crippen LogP contribution in [0, 0.1) is 0 Å². The Bertz CT molecular complexity index is 792. The SMILES string of the molecule is CCCOC(=O)c1cc(NC(=O)COC(=O)c2ccccc2)ccc1Cl. The van der Waals surface area contributed by atoms with Crippen molar-refractivity contribution in [2.24, 2.45) is 0 Å². The number of hydrogen-bond donors (Lipinski definition) is 1. The van der Waals surface area contributed by atoms with E-state index in [1.54, 1.807) is 30.3 Å². The second kappa shape index (κ2) is 9.58. The molecule has 6 nitrogen and oxygen atoms in total. The summed E-state index contributed by atoms with van der Waals surface area (Å²) in [6.07, 6.45) is 0.687. The Morgan fingerprint density at radius 1 is 1.00 bits per heavy atom. The monoisotopic (exact) mass is 375 g/mol. The number of carbonyl (C=O) groups excluding carboxylic acids is 3. The van der Waals surface area contributed by atoms with Gasteiger partial charge in [-0.1, -0.05) is 36.7 Å². The Balaban J connectivity index is 1.94. The Hall–Kier alpha value is -2.86. The van der Waals surface area contributed by atoms with Crippen LogP contribution in [0.3, 0.4) is 0 Å². The molecule has 0 atom stereocenters. The summed E-state index contributed by atoms with van der Waals surface area (Å²) < 4.78 is 9.99. The van der Waals surface area contributed by atoms with Gasteiger partial charge in [-0.25, -0.2) is 9.59 Å². The van der Waals surface area contributed by atoms with Gasteiger partial charge in [-0.2, -0.15) is 0 Å². The Morgan fingerprint density at radius 2 is 1.73 bits per heavy atom. The van der Waals surface area contributed by atoms with Crippen molar-refractivity contribution in [3.05, 3.63) is 64.7 Å². The van der Waals surface area contributed by atoms with Gasteiger partial charge in [-0.15, -0.1) is 0 Å². The van der Waals surface area contributed by atoms with Crippen molar-refractivity contribution in [1.82, 2.24) is 0 Å². The number of ether oxygens (including phenoxy) is 2. The third-order valence-corrected chi connectivity index (χ3v) is 3.58. The van der Waals surface area contributed by atoms with Crippen LogP contribution in [0.1, 0.15) is 34.1 Å². The van der Waals surface area contributed by atoms with E-state index in [2.05, 4.69) is 5.32 Å². The van der Waals surface area contributed by atoms with E-state index in [9.17, 15) is 14.4 Å². The van der Waals surface area contributed by atoms with Gasteiger partial charge in [0.05, 0.1) is 22.8 Å². The predicted octanol–water partition coefficient (Wildman–Crippen LogP) is 3.70. The highest BCUT2D eigenvalue weighted by molar-refractivity contribution is 6.33. The quantitative estimate of drug-likeness (QED) is 0.746. The summed E-state index contributed by atoms with van der Waals surface area (Å²) in [6, 6.07) is 12.8. The molecule has 2 rings (SSSR count). The number of nitrogens with one attached hydrogen (secondary N) is 1. The molecule has 0 heterocycles. The minimum atomic E-state index is -0.597. The molecule has 0 bridgehead atoms. The molecule has 0 aliphatic heterocycles. The highest BCUT2D eigenvalue weighted by atomic mass is 35.5. The molecule has 0 aliphatic rings. The maximum Gasteiger partial charge on any atom is 0.339 e. The lowest BCUT2D eigenvalue weighted by atomic mass is 10.2. The molecule has 0 spiro atoms. The van der Waals surface area contributed by atoms with Crippen LogP contribution in [-0.2, 0) is 14.3 Å². The molecule has 7 heteroatoms. The first kappa shape index (κ1) is 19.5. The molecule has 0 fully saturated rings. The van der Waals surface area contributed by atoms with Crippen LogP contribution >= 0.6 is 11.6 Å². The minimum absolute atomic E-state index is 0.152. The second-order valence-corrected chi connectivity index (χ2v) is 5.73. The Kier molecular flexibility index (Phi) is 7.17. The van der Waals surface area contributed by atoms with Gasteiger partial charge in [0.2, 0.25) is 0 Å². The topological polar surface area (TPSA) is 81.7 Å². The highest BCUT2D eigenvalue weighted by Gasteiger charge is 2.14. The van der Waals surface area contributed by atoms with Crippen molar-refractivity contribution in [3.8, 4) is 0 Å². The van der Waals surface area contributed by atoms with E-state index in [1.807, 2.05) is 6.92 Å². The van der Waals surface area contributed by atoms with Gasteiger partial charge in [-0.3, -0.25) is 4.79 Å². The number of carbonyl (C=O) groups is 3. The van der Waals surface area contributed by atoms with Crippen LogP contribution in [0.4, 0.5) is 5.69 Å². The molecule has 1 N–H and O–H groups in total. The molecule has 26 heavy (non-hydrogen) atoms. The summed E-state index contributed by atoms with van der Waals surface area (Å²) in [5.41, 5.74) is 0.852. The fourth-order valence-electron chi connectivity index (χ4n) is 2.02. The molecule has 2 aromatic rings. The van der Waals surface area contributed by atoms with Crippen molar-refractivity contribution >= 4 is 35.1 Å². The molecule has 1 amide bonds. The van der Waals surface area contributed by atoms with Crippen molar-refractivity contribution < 1.29 is 23.9 Å². The highest BCUT2D eigenvalue weighted by Crippen LogP contribution is 2.21. The van der Waals surface area contributed by atoms with Crippen LogP contribution in [0.2, 0.25) is 5.02 Å². The van der Waals surface area contributed by atoms with Gasteiger partial charge >= 0.3 is 11.9 Å². The molecular formula is C19H18ClNO5. The van der Waals surface area contributed by atoms with Gasteiger partial charge in [-0.05, 0) is 36.8 Å². The van der Waals surface area contributed by atoms with Gasteiger partial charge in [0.15, 0.2) is 6.61 Å². The van der Waals surface area contributed by atoms with E-state index in [1.165, 1.54) is 18.2 Å². The lowest BCUT2D eigenvalue weighted by Gasteiger charge is -2.09. The summed E-state index contributed by atoms with van der Waals surface area (Å²) in [4.78, 5) is 35.7. The Morgan fingerprint density at radius 3 is 2.42 bits per heavy atom. The third kappa shape index (κ3) is 5.60. The van der Waals surface area contributed by atoms with Crippen LogP contribution in [0.15, 0.2) is 48.5 Å². The van der Waals surface area contributed by atoms with E-state index in [4.69, 9.17) is 21.1 Å². The van der Waals surface area contributed by atoms with E-state index in [-0.39, 0.29) is 17.2 Å². The van der Waals surface area contributed by atoms with Crippen molar-refractivity contribution in [1.29, 1.82) is 0 Å². The van der Waals surface area contributed by atoms with E-state index in [0.717, 1.165) is 0 Å². The molecule has 0 radical (unpaired) electrons. The van der Waals surface area contributed by atoms with E-state index in [0.29, 0.717) is 17.7 Å². The van der Waals surface area contributed by atoms with Crippen LogP contribution < -0.4 is 5.32 Å². The third-order valence-electron chi connectivity index (χ3n) is 3.25. The number of halogens is 1. The summed E-state index contributed by atoms with van der Waals surface area (Å²) in [5, 5.41) is 2.77. The van der Waals surface area contributed by atoms with Gasteiger partial charge in [0.25, 0.3) is 5.91 Å². The number of rotatable bonds is 7. The minimum Gasteiger partial charge on any atom is -0.462 e. The summed E-state index contributed by atoms with van der Waals surface area (Å²) in [5.74, 6) is -1.70. The molecule has 0 aromatic heterocycles. The Labute approximate surface area is 156 Å². The maximum atomic E-state index is 11.9. The first-order valence-electron chi connectivity index (χ1n) is 8.00. The molecule has 0 saturated carbocycles. The summed E-state index contributed by atoms with van der Waals surface area (Å²) in [6.45, 7) is 1.70. The smallest absolute Gasteiger partial charge is 0.339 e. The normalized spacial score (nSPS) is 10.1. The zero-order valence-electron chi connectivity index (χ0n) is 14.2. The van der Waals surface area contributed by atoms with Crippen molar-refractivity contribution in [3.63, 3.8) is 0 Å². The average Bonchev–Trinajstić information content (AvgIpc) is 2.66.